The minimum atomic E-state index is -0.157. The van der Waals surface area contributed by atoms with Crippen molar-refractivity contribution in [3.05, 3.63) is 65.2 Å². The summed E-state index contributed by atoms with van der Waals surface area (Å²) in [5.41, 5.74) is 2.84. The second-order valence-electron chi connectivity index (χ2n) is 5.86. The summed E-state index contributed by atoms with van der Waals surface area (Å²) in [6.07, 6.45) is 4.41. The van der Waals surface area contributed by atoms with Gasteiger partial charge in [0.25, 0.3) is 5.91 Å². The fraction of sp³-hybridized carbons (Fsp3) is 0.250. The van der Waals surface area contributed by atoms with Crippen LogP contribution in [0.5, 0.6) is 0 Å². The molecule has 0 saturated carbocycles. The number of aromatic nitrogens is 2. The van der Waals surface area contributed by atoms with Gasteiger partial charge in [0, 0.05) is 12.0 Å². The van der Waals surface area contributed by atoms with Gasteiger partial charge >= 0.3 is 0 Å². The Morgan fingerprint density at radius 3 is 2.40 bits per heavy atom. The van der Waals surface area contributed by atoms with E-state index in [1.807, 2.05) is 42.5 Å². The van der Waals surface area contributed by atoms with E-state index < -0.39 is 0 Å². The third kappa shape index (κ3) is 4.73. The van der Waals surface area contributed by atoms with Gasteiger partial charge in [0.15, 0.2) is 0 Å². The summed E-state index contributed by atoms with van der Waals surface area (Å²) in [7, 11) is 0. The van der Waals surface area contributed by atoms with Gasteiger partial charge < -0.3 is 0 Å². The number of unbranched alkanes of at least 4 members (excludes halogenated alkanes) is 2. The van der Waals surface area contributed by atoms with Gasteiger partial charge in [-0.1, -0.05) is 73.6 Å². The van der Waals surface area contributed by atoms with E-state index in [0.717, 1.165) is 29.0 Å². The molecule has 0 saturated heterocycles. The van der Waals surface area contributed by atoms with Crippen LogP contribution in [-0.2, 0) is 6.42 Å². The highest BCUT2D eigenvalue weighted by atomic mass is 32.1. The first kappa shape index (κ1) is 17.3. The number of benzene rings is 2. The third-order valence-corrected chi connectivity index (χ3v) is 4.83. The standard InChI is InChI=1S/C20H21N3OS/c1-2-3-5-10-18-22-23-20(25-18)21-19(24)17-13-11-16(12-14-17)15-8-6-4-7-9-15/h4,6-9,11-14H,2-3,5,10H2,1H3,(H,21,23,24). The first-order valence-corrected chi connectivity index (χ1v) is 9.37. The lowest BCUT2D eigenvalue weighted by molar-refractivity contribution is 0.102. The molecule has 0 unspecified atom stereocenters. The Morgan fingerprint density at radius 2 is 1.68 bits per heavy atom. The van der Waals surface area contributed by atoms with Crippen LogP contribution in [0, 0.1) is 0 Å². The molecule has 5 heteroatoms. The van der Waals surface area contributed by atoms with Gasteiger partial charge in [-0.2, -0.15) is 0 Å². The summed E-state index contributed by atoms with van der Waals surface area (Å²) in [4.78, 5) is 12.4. The van der Waals surface area contributed by atoms with E-state index in [2.05, 4.69) is 34.6 Å². The van der Waals surface area contributed by atoms with Crippen molar-refractivity contribution in [1.29, 1.82) is 0 Å². The summed E-state index contributed by atoms with van der Waals surface area (Å²) in [6.45, 7) is 2.18. The molecule has 0 aliphatic heterocycles. The summed E-state index contributed by atoms with van der Waals surface area (Å²) in [6, 6.07) is 17.7. The Morgan fingerprint density at radius 1 is 0.960 bits per heavy atom. The Bertz CT molecular complexity index is 812. The number of anilines is 1. The first-order valence-electron chi connectivity index (χ1n) is 8.55. The number of amides is 1. The molecule has 3 rings (SSSR count). The molecule has 0 atom stereocenters. The van der Waals surface area contributed by atoms with Crippen molar-refractivity contribution in [2.75, 3.05) is 5.32 Å². The molecule has 3 aromatic rings. The van der Waals surface area contributed by atoms with Crippen LogP contribution in [0.4, 0.5) is 5.13 Å². The number of nitrogens with zero attached hydrogens (tertiary/aromatic N) is 2. The number of nitrogens with one attached hydrogen (secondary N) is 1. The van der Waals surface area contributed by atoms with Crippen LogP contribution in [0.3, 0.4) is 0 Å². The molecule has 0 fully saturated rings. The van der Waals surface area contributed by atoms with Crippen LogP contribution < -0.4 is 5.32 Å². The zero-order chi connectivity index (χ0) is 17.5. The lowest BCUT2D eigenvalue weighted by Crippen LogP contribution is -2.11. The maximum absolute atomic E-state index is 12.4. The van der Waals surface area contributed by atoms with Gasteiger partial charge in [0.05, 0.1) is 0 Å². The van der Waals surface area contributed by atoms with Crippen LogP contribution in [0.1, 0.15) is 41.6 Å². The Kier molecular flexibility index (Phi) is 5.90. The Balaban J connectivity index is 1.61. The van der Waals surface area contributed by atoms with E-state index in [0.29, 0.717) is 10.7 Å². The maximum Gasteiger partial charge on any atom is 0.257 e. The number of aryl methyl sites for hydroxylation is 1. The van der Waals surface area contributed by atoms with Crippen molar-refractivity contribution >= 4 is 22.4 Å². The summed E-state index contributed by atoms with van der Waals surface area (Å²) in [5.74, 6) is -0.157. The highest BCUT2D eigenvalue weighted by molar-refractivity contribution is 7.15. The van der Waals surface area contributed by atoms with Crippen molar-refractivity contribution in [3.63, 3.8) is 0 Å². The van der Waals surface area contributed by atoms with Crippen molar-refractivity contribution in [2.45, 2.75) is 32.6 Å². The lowest BCUT2D eigenvalue weighted by Gasteiger charge is -2.04. The van der Waals surface area contributed by atoms with Gasteiger partial charge in [0.2, 0.25) is 5.13 Å². The van der Waals surface area contributed by atoms with Crippen LogP contribution in [-0.4, -0.2) is 16.1 Å². The molecule has 0 aliphatic rings. The first-order chi connectivity index (χ1) is 12.3. The minimum Gasteiger partial charge on any atom is -0.296 e. The highest BCUT2D eigenvalue weighted by Gasteiger charge is 2.10. The number of hydrogen-bond acceptors (Lipinski definition) is 4. The molecule has 2 aromatic carbocycles. The number of carbonyl (C=O) groups is 1. The van der Waals surface area contributed by atoms with Crippen LogP contribution in [0.25, 0.3) is 11.1 Å². The molecule has 1 amide bonds. The fourth-order valence-corrected chi connectivity index (χ4v) is 3.32. The van der Waals surface area contributed by atoms with E-state index in [1.54, 1.807) is 0 Å². The van der Waals surface area contributed by atoms with Gasteiger partial charge in [-0.15, -0.1) is 10.2 Å². The SMILES string of the molecule is CCCCCc1nnc(NC(=O)c2ccc(-c3ccccc3)cc2)s1. The zero-order valence-electron chi connectivity index (χ0n) is 14.2. The molecule has 128 valence electrons. The average molecular weight is 351 g/mol. The molecule has 1 N–H and O–H groups in total. The van der Waals surface area contributed by atoms with Gasteiger partial charge in [-0.3, -0.25) is 10.1 Å². The normalized spacial score (nSPS) is 10.6. The number of rotatable bonds is 7. The largest absolute Gasteiger partial charge is 0.296 e. The predicted molar refractivity (Wildman–Crippen MR) is 103 cm³/mol. The topological polar surface area (TPSA) is 54.9 Å². The summed E-state index contributed by atoms with van der Waals surface area (Å²) >= 11 is 1.45. The van der Waals surface area contributed by atoms with E-state index >= 15 is 0 Å². The summed E-state index contributed by atoms with van der Waals surface area (Å²) < 4.78 is 0. The zero-order valence-corrected chi connectivity index (χ0v) is 15.1. The fourth-order valence-electron chi connectivity index (χ4n) is 2.55. The quantitative estimate of drug-likeness (QED) is 0.596. The van der Waals surface area contributed by atoms with Crippen molar-refractivity contribution in [3.8, 4) is 11.1 Å². The van der Waals surface area contributed by atoms with Crippen LogP contribution in [0.2, 0.25) is 0 Å². The van der Waals surface area contributed by atoms with Gasteiger partial charge in [-0.05, 0) is 29.7 Å². The van der Waals surface area contributed by atoms with E-state index in [4.69, 9.17) is 0 Å². The summed E-state index contributed by atoms with van der Waals surface area (Å²) in [5, 5.41) is 12.6. The third-order valence-electron chi connectivity index (χ3n) is 3.94. The van der Waals surface area contributed by atoms with Crippen LogP contribution in [0.15, 0.2) is 54.6 Å². The molecule has 0 aliphatic carbocycles. The predicted octanol–water partition coefficient (Wildman–Crippen LogP) is 5.19. The lowest BCUT2D eigenvalue weighted by atomic mass is 10.0. The van der Waals surface area contributed by atoms with Crippen molar-refractivity contribution in [1.82, 2.24) is 10.2 Å². The highest BCUT2D eigenvalue weighted by Crippen LogP contribution is 2.21. The van der Waals surface area contributed by atoms with Crippen LogP contribution >= 0.6 is 11.3 Å². The number of hydrogen-bond donors (Lipinski definition) is 1. The molecule has 0 radical (unpaired) electrons. The molecule has 1 heterocycles. The maximum atomic E-state index is 12.4. The second kappa shape index (κ2) is 8.53. The molecule has 0 bridgehead atoms. The van der Waals surface area contributed by atoms with Crippen molar-refractivity contribution < 1.29 is 4.79 Å². The van der Waals surface area contributed by atoms with E-state index in [1.165, 1.54) is 24.2 Å². The van der Waals surface area contributed by atoms with Crippen molar-refractivity contribution in [2.24, 2.45) is 0 Å². The molecule has 0 spiro atoms. The molecule has 25 heavy (non-hydrogen) atoms. The van der Waals surface area contributed by atoms with Gasteiger partial charge in [0.1, 0.15) is 5.01 Å². The Labute approximate surface area is 151 Å². The van der Waals surface area contributed by atoms with E-state index in [-0.39, 0.29) is 5.91 Å². The average Bonchev–Trinajstić information content (AvgIpc) is 3.10. The molecular weight excluding hydrogens is 330 g/mol. The molecular formula is C20H21N3OS. The minimum absolute atomic E-state index is 0.157. The Hall–Kier alpha value is -2.53. The molecule has 4 nitrogen and oxygen atoms in total. The van der Waals surface area contributed by atoms with Gasteiger partial charge in [-0.25, -0.2) is 0 Å². The smallest absolute Gasteiger partial charge is 0.257 e. The number of carbonyl (C=O) groups excluding carboxylic acids is 1. The molecule has 1 aromatic heterocycles. The van der Waals surface area contributed by atoms with E-state index in [9.17, 15) is 4.79 Å². The second-order valence-corrected chi connectivity index (χ2v) is 6.92. The monoisotopic (exact) mass is 351 g/mol.